The quantitative estimate of drug-likeness (QED) is 0.902. The van der Waals surface area contributed by atoms with Crippen LogP contribution < -0.4 is 15.2 Å². The highest BCUT2D eigenvalue weighted by molar-refractivity contribution is 6.32. The van der Waals surface area contributed by atoms with Crippen molar-refractivity contribution >= 4 is 17.3 Å². The molecule has 112 valence electrons. The van der Waals surface area contributed by atoms with E-state index in [1.165, 1.54) is 0 Å². The number of nitrogens with two attached hydrogens (primary N) is 1. The van der Waals surface area contributed by atoms with Crippen LogP contribution in [0.15, 0.2) is 24.3 Å². The van der Waals surface area contributed by atoms with Gasteiger partial charge in [0, 0.05) is 11.1 Å². The van der Waals surface area contributed by atoms with Crippen LogP contribution in [-0.2, 0) is 0 Å². The smallest absolute Gasteiger partial charge is 0.240 e. The predicted octanol–water partition coefficient (Wildman–Crippen LogP) is 4.51. The van der Waals surface area contributed by atoms with Crippen LogP contribution in [0.1, 0.15) is 25.0 Å². The number of nitrogens with zero attached hydrogens (tertiary/aromatic N) is 1. The van der Waals surface area contributed by atoms with Crippen molar-refractivity contribution in [3.05, 3.63) is 40.4 Å². The molecule has 21 heavy (non-hydrogen) atoms. The van der Waals surface area contributed by atoms with Gasteiger partial charge in [-0.15, -0.1) is 0 Å². The van der Waals surface area contributed by atoms with E-state index in [-0.39, 0.29) is 6.10 Å². The zero-order chi connectivity index (χ0) is 15.6. The second-order valence-electron chi connectivity index (χ2n) is 5.18. The van der Waals surface area contributed by atoms with E-state index in [0.717, 1.165) is 16.1 Å². The van der Waals surface area contributed by atoms with Crippen molar-refractivity contribution in [1.82, 2.24) is 4.98 Å². The summed E-state index contributed by atoms with van der Waals surface area (Å²) in [6, 6.07) is 7.17. The average Bonchev–Trinajstić information content (AvgIpc) is 2.39. The molecule has 0 atom stereocenters. The summed E-state index contributed by atoms with van der Waals surface area (Å²) in [6.07, 6.45) is -0.00456. The third-order valence-electron chi connectivity index (χ3n) is 2.84. The number of rotatable bonds is 4. The largest absolute Gasteiger partial charge is 0.473 e. The topological polar surface area (TPSA) is 57.4 Å². The first-order chi connectivity index (χ1) is 9.86. The van der Waals surface area contributed by atoms with Gasteiger partial charge in [-0.3, -0.25) is 0 Å². The van der Waals surface area contributed by atoms with Gasteiger partial charge in [-0.1, -0.05) is 11.6 Å². The highest BCUT2D eigenvalue weighted by Crippen LogP contribution is 2.30. The number of pyridine rings is 1. The SMILES string of the molecule is Cc1cc(Oc2ccc(N)c(OC(C)C)n2)cc(C)c1Cl. The Balaban J connectivity index is 2.27. The molecular weight excluding hydrogens is 288 g/mol. The van der Waals surface area contributed by atoms with Crippen LogP contribution in [0.2, 0.25) is 5.02 Å². The Bertz CT molecular complexity index is 634. The van der Waals surface area contributed by atoms with Gasteiger partial charge in [-0.2, -0.15) is 4.98 Å². The molecule has 1 heterocycles. The minimum absolute atomic E-state index is 0.00456. The van der Waals surface area contributed by atoms with E-state index >= 15 is 0 Å². The van der Waals surface area contributed by atoms with Crippen molar-refractivity contribution in [1.29, 1.82) is 0 Å². The molecule has 2 rings (SSSR count). The van der Waals surface area contributed by atoms with Gasteiger partial charge in [0.05, 0.1) is 11.8 Å². The molecule has 0 fully saturated rings. The molecule has 5 heteroatoms. The van der Waals surface area contributed by atoms with E-state index in [1.54, 1.807) is 12.1 Å². The summed E-state index contributed by atoms with van der Waals surface area (Å²) in [5.74, 6) is 1.49. The maximum atomic E-state index is 6.15. The third-order valence-corrected chi connectivity index (χ3v) is 3.44. The number of ether oxygens (including phenoxy) is 2. The van der Waals surface area contributed by atoms with Crippen LogP contribution in [0.3, 0.4) is 0 Å². The lowest BCUT2D eigenvalue weighted by Crippen LogP contribution is -2.09. The lowest BCUT2D eigenvalue weighted by molar-refractivity contribution is 0.232. The van der Waals surface area contributed by atoms with Gasteiger partial charge < -0.3 is 15.2 Å². The predicted molar refractivity (Wildman–Crippen MR) is 85.4 cm³/mol. The summed E-state index contributed by atoms with van der Waals surface area (Å²) in [7, 11) is 0. The lowest BCUT2D eigenvalue weighted by Gasteiger charge is -2.13. The minimum Gasteiger partial charge on any atom is -0.473 e. The first kappa shape index (κ1) is 15.4. The van der Waals surface area contributed by atoms with Crippen molar-refractivity contribution < 1.29 is 9.47 Å². The lowest BCUT2D eigenvalue weighted by atomic mass is 10.1. The number of hydrogen-bond donors (Lipinski definition) is 1. The Labute approximate surface area is 129 Å². The van der Waals surface area contributed by atoms with Crippen LogP contribution in [0.5, 0.6) is 17.5 Å². The fourth-order valence-electron chi connectivity index (χ4n) is 1.89. The van der Waals surface area contributed by atoms with E-state index < -0.39 is 0 Å². The Hall–Kier alpha value is -1.94. The fourth-order valence-corrected chi connectivity index (χ4v) is 2.00. The molecule has 2 aromatic rings. The maximum Gasteiger partial charge on any atom is 0.240 e. The number of aromatic nitrogens is 1. The number of anilines is 1. The zero-order valence-electron chi connectivity index (χ0n) is 12.6. The standard InChI is InChI=1S/C16H19ClN2O2/c1-9(2)20-16-13(18)5-6-14(19-16)21-12-7-10(3)15(17)11(4)8-12/h5-9H,18H2,1-4H3. The number of benzene rings is 1. The average molecular weight is 307 g/mol. The van der Waals surface area contributed by atoms with Gasteiger partial charge >= 0.3 is 0 Å². The molecule has 0 spiro atoms. The molecule has 0 saturated carbocycles. The summed E-state index contributed by atoms with van der Waals surface area (Å²) in [5.41, 5.74) is 8.24. The van der Waals surface area contributed by atoms with Crippen LogP contribution in [0, 0.1) is 13.8 Å². The second-order valence-corrected chi connectivity index (χ2v) is 5.56. The molecule has 0 unspecified atom stereocenters. The summed E-state index contributed by atoms with van der Waals surface area (Å²) < 4.78 is 11.3. The number of nitrogen functional groups attached to an aromatic ring is 1. The van der Waals surface area contributed by atoms with Crippen LogP contribution in [0.25, 0.3) is 0 Å². The number of aryl methyl sites for hydroxylation is 2. The van der Waals surface area contributed by atoms with Crippen molar-refractivity contribution in [3.8, 4) is 17.5 Å². The van der Waals surface area contributed by atoms with Gasteiger partial charge in [0.15, 0.2) is 0 Å². The molecule has 1 aromatic carbocycles. The summed E-state index contributed by atoms with van der Waals surface area (Å²) in [6.45, 7) is 7.71. The Morgan fingerprint density at radius 2 is 1.76 bits per heavy atom. The molecule has 2 N–H and O–H groups in total. The Morgan fingerprint density at radius 3 is 2.33 bits per heavy atom. The molecular formula is C16H19ClN2O2. The molecule has 1 aromatic heterocycles. The van der Waals surface area contributed by atoms with Gasteiger partial charge in [0.2, 0.25) is 11.8 Å². The van der Waals surface area contributed by atoms with Crippen LogP contribution in [-0.4, -0.2) is 11.1 Å². The summed E-state index contributed by atoms with van der Waals surface area (Å²) >= 11 is 6.15. The van der Waals surface area contributed by atoms with E-state index in [0.29, 0.717) is 23.2 Å². The van der Waals surface area contributed by atoms with Gasteiger partial charge in [-0.25, -0.2) is 0 Å². The van der Waals surface area contributed by atoms with E-state index in [4.69, 9.17) is 26.8 Å². The summed E-state index contributed by atoms with van der Waals surface area (Å²) in [4.78, 5) is 4.29. The van der Waals surface area contributed by atoms with Crippen molar-refractivity contribution in [2.75, 3.05) is 5.73 Å². The highest BCUT2D eigenvalue weighted by Gasteiger charge is 2.09. The molecule has 0 bridgehead atoms. The van der Waals surface area contributed by atoms with Crippen molar-refractivity contribution in [2.45, 2.75) is 33.8 Å². The molecule has 0 saturated heterocycles. The molecule has 0 radical (unpaired) electrons. The summed E-state index contributed by atoms with van der Waals surface area (Å²) in [5, 5.41) is 0.747. The maximum absolute atomic E-state index is 6.15. The third kappa shape index (κ3) is 3.79. The molecule has 0 aliphatic rings. The number of hydrogen-bond acceptors (Lipinski definition) is 4. The van der Waals surface area contributed by atoms with Gasteiger partial charge in [-0.05, 0) is 57.0 Å². The highest BCUT2D eigenvalue weighted by atomic mass is 35.5. The molecule has 0 amide bonds. The van der Waals surface area contributed by atoms with Crippen LogP contribution in [0.4, 0.5) is 5.69 Å². The van der Waals surface area contributed by atoms with E-state index in [1.807, 2.05) is 39.8 Å². The molecule has 0 aliphatic carbocycles. The van der Waals surface area contributed by atoms with Crippen molar-refractivity contribution in [3.63, 3.8) is 0 Å². The Morgan fingerprint density at radius 1 is 1.14 bits per heavy atom. The van der Waals surface area contributed by atoms with E-state index in [9.17, 15) is 0 Å². The molecule has 0 aliphatic heterocycles. The zero-order valence-corrected chi connectivity index (χ0v) is 13.4. The first-order valence-electron chi connectivity index (χ1n) is 6.74. The molecule has 4 nitrogen and oxygen atoms in total. The van der Waals surface area contributed by atoms with Crippen LogP contribution >= 0.6 is 11.6 Å². The monoisotopic (exact) mass is 306 g/mol. The van der Waals surface area contributed by atoms with Gasteiger partial charge in [0.1, 0.15) is 5.75 Å². The second kappa shape index (κ2) is 6.22. The van der Waals surface area contributed by atoms with E-state index in [2.05, 4.69) is 4.98 Å². The van der Waals surface area contributed by atoms with Crippen molar-refractivity contribution in [2.24, 2.45) is 0 Å². The first-order valence-corrected chi connectivity index (χ1v) is 7.12. The van der Waals surface area contributed by atoms with Gasteiger partial charge in [0.25, 0.3) is 0 Å². The fraction of sp³-hybridized carbons (Fsp3) is 0.312. The normalized spacial score (nSPS) is 10.8. The Kier molecular flexibility index (Phi) is 4.58. The minimum atomic E-state index is -0.00456. The number of halogens is 1.